The summed E-state index contributed by atoms with van der Waals surface area (Å²) >= 11 is 0. The van der Waals surface area contributed by atoms with Crippen molar-refractivity contribution < 1.29 is 0 Å². The molecule has 70 heavy (non-hydrogen) atoms. The van der Waals surface area contributed by atoms with Crippen molar-refractivity contribution in [3.8, 4) is 61.3 Å². The number of hydrogen-bond acceptors (Lipinski definition) is 1. The summed E-state index contributed by atoms with van der Waals surface area (Å²) in [6.45, 7) is 13.9. The molecule has 1 aromatic heterocycles. The second-order valence-corrected chi connectivity index (χ2v) is 20.7. The van der Waals surface area contributed by atoms with Crippen molar-refractivity contribution in [1.82, 2.24) is 4.57 Å². The van der Waals surface area contributed by atoms with E-state index >= 15 is 0 Å². The third-order valence-electron chi connectivity index (χ3n) is 15.7. The maximum absolute atomic E-state index is 2.47. The molecule has 0 spiro atoms. The lowest BCUT2D eigenvalue weighted by atomic mass is 9.81. The molecular weight excluding hydrogens is 845 g/mol. The Morgan fingerprint density at radius 2 is 0.871 bits per heavy atom. The van der Waals surface area contributed by atoms with Crippen LogP contribution in [0, 0.1) is 13.8 Å². The van der Waals surface area contributed by atoms with Crippen LogP contribution in [-0.4, -0.2) is 4.57 Å². The highest BCUT2D eigenvalue weighted by molar-refractivity contribution is 6.10. The van der Waals surface area contributed by atoms with Gasteiger partial charge in [0.2, 0.25) is 0 Å². The van der Waals surface area contributed by atoms with Gasteiger partial charge in [-0.15, -0.1) is 0 Å². The largest absolute Gasteiger partial charge is 0.310 e. The van der Waals surface area contributed by atoms with Crippen LogP contribution in [0.1, 0.15) is 61.1 Å². The average Bonchev–Trinajstić information content (AvgIpc) is 3.92. The quantitative estimate of drug-likeness (QED) is 0.155. The van der Waals surface area contributed by atoms with E-state index in [1.54, 1.807) is 0 Å². The van der Waals surface area contributed by atoms with E-state index in [9.17, 15) is 0 Å². The van der Waals surface area contributed by atoms with Gasteiger partial charge < -0.3 is 9.47 Å². The normalized spacial score (nSPS) is 13.8. The van der Waals surface area contributed by atoms with E-state index in [0.29, 0.717) is 0 Å². The highest BCUT2D eigenvalue weighted by Gasteiger charge is 2.37. The minimum Gasteiger partial charge on any atom is -0.310 e. The van der Waals surface area contributed by atoms with Crippen LogP contribution < -0.4 is 4.90 Å². The minimum absolute atomic E-state index is 0.118. The van der Waals surface area contributed by atoms with Crippen LogP contribution in [0.15, 0.2) is 218 Å². The van der Waals surface area contributed by atoms with Gasteiger partial charge in [-0.25, -0.2) is 0 Å². The summed E-state index contributed by atoms with van der Waals surface area (Å²) in [6.07, 6.45) is 0. The van der Waals surface area contributed by atoms with E-state index in [1.807, 2.05) is 0 Å². The van der Waals surface area contributed by atoms with Gasteiger partial charge in [0.15, 0.2) is 0 Å². The smallest absolute Gasteiger partial charge is 0.0541 e. The maximum atomic E-state index is 2.47. The molecule has 0 atom stereocenters. The topological polar surface area (TPSA) is 8.17 Å². The molecule has 0 fully saturated rings. The number of rotatable bonds is 7. The van der Waals surface area contributed by atoms with Crippen molar-refractivity contribution in [2.45, 2.75) is 52.4 Å². The number of nitrogens with zero attached hydrogens (tertiary/aromatic N) is 2. The van der Waals surface area contributed by atoms with Crippen LogP contribution in [0.4, 0.5) is 17.1 Å². The molecule has 0 bridgehead atoms. The van der Waals surface area contributed by atoms with E-state index in [-0.39, 0.29) is 10.8 Å². The summed E-state index contributed by atoms with van der Waals surface area (Å²) in [7, 11) is 0. The minimum atomic E-state index is -0.157. The van der Waals surface area contributed by atoms with E-state index in [1.165, 1.54) is 117 Å². The fraction of sp³-hybridized carbons (Fsp3) is 0.118. The lowest BCUT2D eigenvalue weighted by molar-refractivity contribution is 0.660. The van der Waals surface area contributed by atoms with E-state index < -0.39 is 0 Å². The molecule has 0 saturated carbocycles. The van der Waals surface area contributed by atoms with Gasteiger partial charge in [-0.1, -0.05) is 190 Å². The summed E-state index contributed by atoms with van der Waals surface area (Å²) in [4.78, 5) is 2.45. The highest BCUT2D eigenvalue weighted by Crippen LogP contribution is 2.53. The second-order valence-electron chi connectivity index (χ2n) is 20.7. The summed E-state index contributed by atoms with van der Waals surface area (Å²) in [6, 6.07) is 81.7. The van der Waals surface area contributed by atoms with E-state index in [2.05, 4.69) is 269 Å². The van der Waals surface area contributed by atoms with Crippen molar-refractivity contribution in [1.29, 1.82) is 0 Å². The standard InChI is InChI=1S/C68H54N2/c1-43-36-44(2)38-49(37-43)48-26-32-55-57-34-31-52(42-63(57)68(5,6)61(55)40-48)70-65-23-15-12-20-58(65)59-39-47(27-35-66(59)70)45-24-28-50(29-25-45)69(64-22-14-11-18-53(64)46-16-8-7-9-17-46)51-30-33-56-54-19-10-13-21-60(54)67(3,4)62(56)41-51/h7-42H,1-6H3. The van der Waals surface area contributed by atoms with Crippen molar-refractivity contribution in [3.05, 3.63) is 252 Å². The fourth-order valence-electron chi connectivity index (χ4n) is 12.2. The summed E-state index contributed by atoms with van der Waals surface area (Å²) in [5.41, 5.74) is 27.5. The predicted octanol–water partition coefficient (Wildman–Crippen LogP) is 18.5. The number of anilines is 3. The van der Waals surface area contributed by atoms with E-state index in [0.717, 1.165) is 17.1 Å². The molecule has 10 aromatic carbocycles. The summed E-state index contributed by atoms with van der Waals surface area (Å²) in [5, 5.41) is 2.50. The third kappa shape index (κ3) is 6.47. The zero-order valence-electron chi connectivity index (χ0n) is 40.7. The molecule has 2 heteroatoms. The molecule has 0 N–H and O–H groups in total. The van der Waals surface area contributed by atoms with Crippen LogP contribution in [0.5, 0.6) is 0 Å². The van der Waals surface area contributed by atoms with Gasteiger partial charge in [0.25, 0.3) is 0 Å². The van der Waals surface area contributed by atoms with Gasteiger partial charge in [0, 0.05) is 44.2 Å². The summed E-state index contributed by atoms with van der Waals surface area (Å²) in [5.74, 6) is 0. The Morgan fingerprint density at radius 1 is 0.329 bits per heavy atom. The number of aryl methyl sites for hydroxylation is 2. The van der Waals surface area contributed by atoms with Crippen molar-refractivity contribution in [2.75, 3.05) is 4.90 Å². The van der Waals surface area contributed by atoms with Crippen molar-refractivity contribution >= 4 is 38.9 Å². The third-order valence-corrected chi connectivity index (χ3v) is 15.7. The molecule has 2 aliphatic carbocycles. The van der Waals surface area contributed by atoms with Gasteiger partial charge in [-0.05, 0) is 153 Å². The molecule has 2 aliphatic rings. The molecule has 13 rings (SSSR count). The molecule has 0 aliphatic heterocycles. The SMILES string of the molecule is Cc1cc(C)cc(-c2ccc3c(c2)C(C)(C)c2cc(-n4c5ccccc5c5cc(-c6ccc(N(c7ccc8c(c7)C(C)(C)c7ccccc7-8)c7ccccc7-c7ccccc7)cc6)ccc54)ccc2-3)c1. The van der Waals surface area contributed by atoms with E-state index in [4.69, 9.17) is 0 Å². The first-order valence-electron chi connectivity index (χ1n) is 24.7. The Morgan fingerprint density at radius 3 is 1.66 bits per heavy atom. The summed E-state index contributed by atoms with van der Waals surface area (Å²) < 4.78 is 2.47. The van der Waals surface area contributed by atoms with Gasteiger partial charge in [0.05, 0.1) is 16.7 Å². The molecule has 336 valence electrons. The van der Waals surface area contributed by atoms with Crippen molar-refractivity contribution in [2.24, 2.45) is 0 Å². The predicted molar refractivity (Wildman–Crippen MR) is 296 cm³/mol. The molecule has 0 saturated heterocycles. The molecule has 0 radical (unpaired) electrons. The Bertz CT molecular complexity index is 3880. The second kappa shape index (κ2) is 15.7. The Balaban J connectivity index is 0.886. The molecule has 11 aromatic rings. The molecule has 2 nitrogen and oxygen atoms in total. The Labute approximate surface area is 411 Å². The highest BCUT2D eigenvalue weighted by atomic mass is 15.1. The first kappa shape index (κ1) is 41.9. The average molecular weight is 899 g/mol. The zero-order chi connectivity index (χ0) is 47.5. The number of hydrogen-bond donors (Lipinski definition) is 0. The van der Waals surface area contributed by atoms with Crippen molar-refractivity contribution in [3.63, 3.8) is 0 Å². The maximum Gasteiger partial charge on any atom is 0.0541 e. The monoisotopic (exact) mass is 898 g/mol. The molecule has 0 unspecified atom stereocenters. The molecule has 0 amide bonds. The number of benzene rings is 10. The van der Waals surface area contributed by atoms with Gasteiger partial charge in [0.1, 0.15) is 0 Å². The van der Waals surface area contributed by atoms with Crippen LogP contribution in [-0.2, 0) is 10.8 Å². The number of fused-ring (bicyclic) bond motifs is 9. The van der Waals surface area contributed by atoms with Gasteiger partial charge in [-0.3, -0.25) is 0 Å². The molecule has 1 heterocycles. The van der Waals surface area contributed by atoms with Crippen LogP contribution in [0.25, 0.3) is 83.1 Å². The zero-order valence-corrected chi connectivity index (χ0v) is 40.7. The lowest BCUT2D eigenvalue weighted by Gasteiger charge is -2.30. The fourth-order valence-corrected chi connectivity index (χ4v) is 12.2. The van der Waals surface area contributed by atoms with Gasteiger partial charge in [-0.2, -0.15) is 0 Å². The van der Waals surface area contributed by atoms with Gasteiger partial charge >= 0.3 is 0 Å². The van der Waals surface area contributed by atoms with Crippen LogP contribution >= 0.6 is 0 Å². The lowest BCUT2D eigenvalue weighted by Crippen LogP contribution is -2.16. The molecular formula is C68H54N2. The first-order chi connectivity index (χ1) is 34.0. The Hall–Kier alpha value is -8.20. The van der Waals surface area contributed by atoms with Crippen LogP contribution in [0.2, 0.25) is 0 Å². The number of para-hydroxylation sites is 2. The first-order valence-corrected chi connectivity index (χ1v) is 24.7. The number of aromatic nitrogens is 1. The Kier molecular flexibility index (Phi) is 9.39. The van der Waals surface area contributed by atoms with Crippen LogP contribution in [0.3, 0.4) is 0 Å².